The summed E-state index contributed by atoms with van der Waals surface area (Å²) in [7, 11) is 0. The quantitative estimate of drug-likeness (QED) is 0.183. The van der Waals surface area contributed by atoms with Gasteiger partial charge in [-0.3, -0.25) is 4.90 Å². The molecule has 0 aliphatic carbocycles. The smallest absolute Gasteiger partial charge is 0.191 e. The third kappa shape index (κ3) is 8.54. The highest BCUT2D eigenvalue weighted by Crippen LogP contribution is 2.25. The highest BCUT2D eigenvalue weighted by molar-refractivity contribution is 14.0. The molecule has 1 aliphatic rings. The number of hydrogen-bond donors (Lipinski definition) is 3. The topological polar surface area (TPSA) is 82.3 Å². The average Bonchev–Trinajstić information content (AvgIpc) is 3.44. The predicted octanol–water partition coefficient (Wildman–Crippen LogP) is 2.67. The molecule has 2 aromatic heterocycles. The van der Waals surface area contributed by atoms with Crippen molar-refractivity contribution in [1.29, 1.82) is 0 Å². The lowest BCUT2D eigenvalue weighted by molar-refractivity contribution is 0.0376. The van der Waals surface area contributed by atoms with Crippen LogP contribution in [0.15, 0.2) is 45.3 Å². The molecule has 30 heavy (non-hydrogen) atoms. The summed E-state index contributed by atoms with van der Waals surface area (Å²) in [6.45, 7) is 8.35. The third-order valence-electron chi connectivity index (χ3n) is 4.89. The number of ether oxygens (including phenoxy) is 1. The molecule has 0 saturated carbocycles. The van der Waals surface area contributed by atoms with Crippen LogP contribution in [-0.4, -0.2) is 68.4 Å². The maximum Gasteiger partial charge on any atom is 0.191 e. The molecule has 0 aromatic carbocycles. The first-order chi connectivity index (χ1) is 14.1. The van der Waals surface area contributed by atoms with Crippen LogP contribution < -0.4 is 10.6 Å². The van der Waals surface area contributed by atoms with Crippen LogP contribution in [-0.2, 0) is 16.8 Å². The summed E-state index contributed by atoms with van der Waals surface area (Å²) in [5.74, 6) is 1.66. The summed E-state index contributed by atoms with van der Waals surface area (Å²) in [4.78, 5) is 7.99. The average molecular weight is 548 g/mol. The van der Waals surface area contributed by atoms with Crippen LogP contribution in [0.3, 0.4) is 0 Å². The number of guanidine groups is 1. The number of furan rings is 1. The van der Waals surface area contributed by atoms with E-state index in [1.165, 1.54) is 0 Å². The van der Waals surface area contributed by atoms with Crippen molar-refractivity contribution < 1.29 is 14.3 Å². The van der Waals surface area contributed by atoms with E-state index in [0.29, 0.717) is 13.1 Å². The second kappa shape index (κ2) is 13.3. The van der Waals surface area contributed by atoms with Gasteiger partial charge in [0.15, 0.2) is 5.96 Å². The molecule has 7 nitrogen and oxygen atoms in total. The molecule has 9 heteroatoms. The summed E-state index contributed by atoms with van der Waals surface area (Å²) < 4.78 is 10.8. The SMILES string of the molecule is CC(O)(CN=C(NCCCN1CCOCC1)NCCc1ccco1)c1cccs1.I. The van der Waals surface area contributed by atoms with Crippen molar-refractivity contribution in [2.45, 2.75) is 25.4 Å². The van der Waals surface area contributed by atoms with E-state index in [9.17, 15) is 5.11 Å². The second-order valence-electron chi connectivity index (χ2n) is 7.41. The zero-order valence-corrected chi connectivity index (χ0v) is 20.7. The van der Waals surface area contributed by atoms with Crippen LogP contribution >= 0.6 is 35.3 Å². The third-order valence-corrected chi connectivity index (χ3v) is 6.01. The Balaban J connectivity index is 0.00000320. The Hall–Kier alpha value is -1.14. The van der Waals surface area contributed by atoms with Gasteiger partial charge in [0.2, 0.25) is 0 Å². The zero-order valence-electron chi connectivity index (χ0n) is 17.5. The normalized spacial score (nSPS) is 17.2. The fourth-order valence-corrected chi connectivity index (χ4v) is 3.94. The van der Waals surface area contributed by atoms with E-state index in [0.717, 1.165) is 68.8 Å². The van der Waals surface area contributed by atoms with Gasteiger partial charge in [-0.05, 0) is 43.5 Å². The van der Waals surface area contributed by atoms with Crippen LogP contribution in [0.2, 0.25) is 0 Å². The Morgan fingerprint density at radius 2 is 2.03 bits per heavy atom. The van der Waals surface area contributed by atoms with E-state index in [1.54, 1.807) is 24.5 Å². The standard InChI is InChI=1S/C21H32N4O3S.HI/c1-21(26,19-6-3-16-29-19)17-24-20(23-9-7-18-5-2-13-28-18)22-8-4-10-25-11-14-27-15-12-25;/h2-3,5-6,13,16,26H,4,7-12,14-15,17H2,1H3,(H2,22,23,24);1H. The van der Waals surface area contributed by atoms with Crippen LogP contribution in [0.25, 0.3) is 0 Å². The van der Waals surface area contributed by atoms with Gasteiger partial charge in [0, 0.05) is 37.5 Å². The number of thiophene rings is 1. The van der Waals surface area contributed by atoms with Gasteiger partial charge < -0.3 is 24.9 Å². The molecule has 0 spiro atoms. The number of rotatable bonds is 10. The van der Waals surface area contributed by atoms with Crippen LogP contribution in [0.1, 0.15) is 24.0 Å². The molecule has 1 atom stereocenters. The summed E-state index contributed by atoms with van der Waals surface area (Å²) in [6, 6.07) is 7.76. The van der Waals surface area contributed by atoms with Crippen LogP contribution in [0, 0.1) is 0 Å². The van der Waals surface area contributed by atoms with Crippen molar-refractivity contribution in [3.8, 4) is 0 Å². The lowest BCUT2D eigenvalue weighted by atomic mass is 10.1. The van der Waals surface area contributed by atoms with Crippen molar-refractivity contribution in [3.63, 3.8) is 0 Å². The van der Waals surface area contributed by atoms with E-state index in [-0.39, 0.29) is 24.0 Å². The number of nitrogens with zero attached hydrogens (tertiary/aromatic N) is 2. The number of halogens is 1. The monoisotopic (exact) mass is 548 g/mol. The van der Waals surface area contributed by atoms with Gasteiger partial charge in [-0.25, -0.2) is 4.99 Å². The van der Waals surface area contributed by atoms with Crippen LogP contribution in [0.4, 0.5) is 0 Å². The molecule has 0 radical (unpaired) electrons. The van der Waals surface area contributed by atoms with Crippen molar-refractivity contribution in [2.75, 3.05) is 52.5 Å². The molecule has 0 amide bonds. The first kappa shape index (κ1) is 25.1. The number of hydrogen-bond acceptors (Lipinski definition) is 6. The molecule has 168 valence electrons. The van der Waals surface area contributed by atoms with Gasteiger partial charge in [0.25, 0.3) is 0 Å². The van der Waals surface area contributed by atoms with Gasteiger partial charge in [0.1, 0.15) is 11.4 Å². The van der Waals surface area contributed by atoms with Crippen molar-refractivity contribution in [2.24, 2.45) is 4.99 Å². The maximum absolute atomic E-state index is 10.8. The Morgan fingerprint density at radius 1 is 1.23 bits per heavy atom. The van der Waals surface area contributed by atoms with E-state index in [4.69, 9.17) is 9.15 Å². The molecule has 1 saturated heterocycles. The second-order valence-corrected chi connectivity index (χ2v) is 8.35. The molecule has 3 heterocycles. The minimum Gasteiger partial charge on any atom is -0.469 e. The number of nitrogens with one attached hydrogen (secondary N) is 2. The van der Waals surface area contributed by atoms with Gasteiger partial charge in [-0.2, -0.15) is 0 Å². The van der Waals surface area contributed by atoms with Crippen molar-refractivity contribution in [3.05, 3.63) is 46.5 Å². The summed E-state index contributed by atoms with van der Waals surface area (Å²) in [6.07, 6.45) is 3.50. The first-order valence-electron chi connectivity index (χ1n) is 10.2. The fourth-order valence-electron chi connectivity index (χ4n) is 3.16. The zero-order chi connectivity index (χ0) is 20.4. The molecule has 3 rings (SSSR count). The Kier molecular flexibility index (Phi) is 11.1. The van der Waals surface area contributed by atoms with Gasteiger partial charge in [-0.1, -0.05) is 6.07 Å². The largest absolute Gasteiger partial charge is 0.469 e. The molecule has 2 aromatic rings. The number of aliphatic imine (C=N–C) groups is 1. The van der Waals surface area contributed by atoms with Crippen molar-refractivity contribution in [1.82, 2.24) is 15.5 Å². The Morgan fingerprint density at radius 3 is 2.73 bits per heavy atom. The number of aliphatic hydroxyl groups is 1. The van der Waals surface area contributed by atoms with E-state index in [2.05, 4.69) is 20.5 Å². The lowest BCUT2D eigenvalue weighted by Crippen LogP contribution is -2.42. The number of morpholine rings is 1. The summed E-state index contributed by atoms with van der Waals surface area (Å²) in [5, 5.41) is 19.5. The summed E-state index contributed by atoms with van der Waals surface area (Å²) >= 11 is 1.55. The molecular formula is C21H33IN4O3S. The minimum absolute atomic E-state index is 0. The van der Waals surface area contributed by atoms with Gasteiger partial charge in [0.05, 0.1) is 26.0 Å². The fraction of sp³-hybridized carbons (Fsp3) is 0.571. The molecule has 0 bridgehead atoms. The first-order valence-corrected chi connectivity index (χ1v) is 11.1. The minimum atomic E-state index is -0.975. The Labute approximate surface area is 199 Å². The highest BCUT2D eigenvalue weighted by atomic mass is 127. The van der Waals surface area contributed by atoms with E-state index < -0.39 is 5.60 Å². The van der Waals surface area contributed by atoms with Gasteiger partial charge >= 0.3 is 0 Å². The van der Waals surface area contributed by atoms with E-state index >= 15 is 0 Å². The van der Waals surface area contributed by atoms with Crippen LogP contribution in [0.5, 0.6) is 0 Å². The molecule has 3 N–H and O–H groups in total. The van der Waals surface area contributed by atoms with Crippen molar-refractivity contribution >= 4 is 41.3 Å². The van der Waals surface area contributed by atoms with Gasteiger partial charge in [-0.15, -0.1) is 35.3 Å². The molecule has 1 fully saturated rings. The molecule has 1 aliphatic heterocycles. The lowest BCUT2D eigenvalue weighted by Gasteiger charge is -2.26. The Bertz CT molecular complexity index is 717. The predicted molar refractivity (Wildman–Crippen MR) is 132 cm³/mol. The van der Waals surface area contributed by atoms with E-state index in [1.807, 2.05) is 29.6 Å². The highest BCUT2D eigenvalue weighted by Gasteiger charge is 2.24. The maximum atomic E-state index is 10.8. The molecule has 1 unspecified atom stereocenters. The molecular weight excluding hydrogens is 515 g/mol. The summed E-state index contributed by atoms with van der Waals surface area (Å²) in [5.41, 5.74) is -0.975.